The van der Waals surface area contributed by atoms with E-state index in [9.17, 15) is 0 Å². The van der Waals surface area contributed by atoms with Gasteiger partial charge in [-0.1, -0.05) is 0 Å². The number of benzene rings is 1. The highest BCUT2D eigenvalue weighted by Gasteiger charge is 2.01. The number of hydrogen-bond donors (Lipinski definition) is 0. The van der Waals surface area contributed by atoms with E-state index >= 15 is 0 Å². The maximum Gasteiger partial charge on any atom is 0.143 e. The van der Waals surface area contributed by atoms with Crippen LogP contribution in [0.1, 0.15) is 0 Å². The van der Waals surface area contributed by atoms with Gasteiger partial charge in [0.15, 0.2) is 0 Å². The van der Waals surface area contributed by atoms with E-state index in [1.807, 2.05) is 0 Å². The van der Waals surface area contributed by atoms with Gasteiger partial charge in [0.2, 0.25) is 0 Å². The molecule has 0 fully saturated rings. The van der Waals surface area contributed by atoms with Crippen LogP contribution in [0, 0.1) is 0 Å². The number of rotatable bonds is 4. The van der Waals surface area contributed by atoms with Crippen LogP contribution in [0.15, 0.2) is 18.2 Å². The Balaban J connectivity index is 2.93. The predicted octanol–water partition coefficient (Wildman–Crippen LogP) is 2.44. The molecule has 3 nitrogen and oxygen atoms in total. The van der Waals surface area contributed by atoms with Crippen molar-refractivity contribution in [2.75, 3.05) is 19.7 Å². The van der Waals surface area contributed by atoms with Gasteiger partial charge >= 0.3 is 0 Å². The van der Waals surface area contributed by atoms with Crippen LogP contribution in [0.4, 0.5) is 0 Å². The molecule has 1 rings (SSSR count). The second-order valence-corrected chi connectivity index (χ2v) is 2.76. The molecule has 0 saturated carbocycles. The molecule has 0 N–H and O–H groups in total. The minimum absolute atomic E-state index is 0.448. The Hall–Kier alpha value is -0.900. The maximum atomic E-state index is 5.25. The number of methoxy groups -OCH3 is 2. The molecule has 0 aliphatic heterocycles. The second kappa shape index (κ2) is 4.97. The molecule has 13 heavy (non-hydrogen) atoms. The summed E-state index contributed by atoms with van der Waals surface area (Å²) in [5, 5.41) is 0. The predicted molar refractivity (Wildman–Crippen MR) is 54.0 cm³/mol. The van der Waals surface area contributed by atoms with Gasteiger partial charge in [-0.25, -0.2) is 0 Å². The second-order valence-electron chi connectivity index (χ2n) is 2.30. The molecular weight excluding hydrogens is 236 g/mol. The average molecular weight is 247 g/mol. The van der Waals surface area contributed by atoms with Crippen LogP contribution in [0.25, 0.3) is 0 Å². The van der Waals surface area contributed by atoms with Crippen LogP contribution in [0.2, 0.25) is 0 Å². The lowest BCUT2D eigenvalue weighted by molar-refractivity contribution is 0.369. The summed E-state index contributed by atoms with van der Waals surface area (Å²) >= 11 is 3.18. The number of alkyl halides is 1. The number of ether oxygens (including phenoxy) is 3. The van der Waals surface area contributed by atoms with Gasteiger partial charge in [-0.3, -0.25) is 0 Å². The van der Waals surface area contributed by atoms with Crippen LogP contribution in [-0.4, -0.2) is 19.7 Å². The van der Waals surface area contributed by atoms with Crippen LogP contribution < -0.4 is 14.2 Å². The van der Waals surface area contributed by atoms with Crippen LogP contribution in [0.3, 0.4) is 0 Å². The van der Waals surface area contributed by atoms with E-state index in [1.54, 1.807) is 32.4 Å². The Kier molecular flexibility index (Phi) is 3.89. The molecule has 0 heterocycles. The normalized spacial score (nSPS) is 9.46. The zero-order valence-corrected chi connectivity index (χ0v) is 9.13. The van der Waals surface area contributed by atoms with Crippen molar-refractivity contribution in [1.29, 1.82) is 0 Å². The van der Waals surface area contributed by atoms with Gasteiger partial charge in [0, 0.05) is 18.2 Å². The number of hydrogen-bond acceptors (Lipinski definition) is 3. The van der Waals surface area contributed by atoms with Gasteiger partial charge in [0.25, 0.3) is 0 Å². The Morgan fingerprint density at radius 1 is 1.00 bits per heavy atom. The van der Waals surface area contributed by atoms with E-state index in [4.69, 9.17) is 14.2 Å². The van der Waals surface area contributed by atoms with Gasteiger partial charge in [0.05, 0.1) is 14.2 Å². The molecule has 1 aromatic rings. The highest BCUT2D eigenvalue weighted by molar-refractivity contribution is 9.09. The summed E-state index contributed by atoms with van der Waals surface area (Å²) in [6.45, 7) is 0. The van der Waals surface area contributed by atoms with Crippen molar-refractivity contribution in [1.82, 2.24) is 0 Å². The monoisotopic (exact) mass is 246 g/mol. The lowest BCUT2D eigenvalue weighted by Crippen LogP contribution is -1.92. The van der Waals surface area contributed by atoms with Crippen LogP contribution in [-0.2, 0) is 0 Å². The van der Waals surface area contributed by atoms with E-state index in [0.717, 1.165) is 11.5 Å². The van der Waals surface area contributed by atoms with Crippen LogP contribution in [0.5, 0.6) is 17.2 Å². The first-order chi connectivity index (χ1) is 6.30. The largest absolute Gasteiger partial charge is 0.496 e. The van der Waals surface area contributed by atoms with Gasteiger partial charge in [-0.2, -0.15) is 0 Å². The summed E-state index contributed by atoms with van der Waals surface area (Å²) in [7, 11) is 3.21. The topological polar surface area (TPSA) is 27.7 Å². The molecule has 4 heteroatoms. The fraction of sp³-hybridized carbons (Fsp3) is 0.333. The minimum atomic E-state index is 0.448. The van der Waals surface area contributed by atoms with Crippen molar-refractivity contribution in [3.63, 3.8) is 0 Å². The smallest absolute Gasteiger partial charge is 0.143 e. The van der Waals surface area contributed by atoms with Gasteiger partial charge < -0.3 is 14.2 Å². The Morgan fingerprint density at radius 2 is 1.46 bits per heavy atom. The lowest BCUT2D eigenvalue weighted by Gasteiger charge is -2.07. The first-order valence-electron chi connectivity index (χ1n) is 3.72. The average Bonchev–Trinajstić information content (AvgIpc) is 2.17. The molecule has 0 aromatic heterocycles. The van der Waals surface area contributed by atoms with E-state index in [-0.39, 0.29) is 0 Å². The zero-order valence-electron chi connectivity index (χ0n) is 7.54. The summed E-state index contributed by atoms with van der Waals surface area (Å²) < 4.78 is 15.4. The molecule has 1 aromatic carbocycles. The van der Waals surface area contributed by atoms with E-state index in [1.165, 1.54) is 0 Å². The first-order valence-corrected chi connectivity index (χ1v) is 4.84. The van der Waals surface area contributed by atoms with Crippen molar-refractivity contribution in [2.24, 2.45) is 0 Å². The quantitative estimate of drug-likeness (QED) is 0.765. The van der Waals surface area contributed by atoms with Crippen molar-refractivity contribution >= 4 is 15.9 Å². The van der Waals surface area contributed by atoms with Crippen LogP contribution >= 0.6 is 15.9 Å². The van der Waals surface area contributed by atoms with E-state index in [2.05, 4.69) is 15.9 Å². The standard InChI is InChI=1S/C9H11BrO3/c1-11-7-3-8(12-2)5-9(4-7)13-6-10/h3-5H,6H2,1-2H3. The third-order valence-electron chi connectivity index (χ3n) is 1.55. The Bertz CT molecular complexity index is 253. The molecule has 0 aliphatic carbocycles. The molecule has 0 saturated heterocycles. The van der Waals surface area contributed by atoms with E-state index in [0.29, 0.717) is 11.3 Å². The highest BCUT2D eigenvalue weighted by atomic mass is 79.9. The van der Waals surface area contributed by atoms with Gasteiger partial charge in [-0.05, 0) is 15.9 Å². The zero-order chi connectivity index (χ0) is 9.68. The summed E-state index contributed by atoms with van der Waals surface area (Å²) in [5.74, 6) is 2.15. The van der Waals surface area contributed by atoms with Gasteiger partial charge in [0.1, 0.15) is 22.8 Å². The molecule has 0 amide bonds. The molecule has 0 unspecified atom stereocenters. The summed E-state index contributed by atoms with van der Waals surface area (Å²) in [5.41, 5.74) is 0.448. The lowest BCUT2D eigenvalue weighted by atomic mass is 10.3. The van der Waals surface area contributed by atoms with Crippen molar-refractivity contribution in [3.8, 4) is 17.2 Å². The SMILES string of the molecule is COc1cc(OC)cc(OCBr)c1. The third-order valence-corrected chi connectivity index (χ3v) is 1.78. The highest BCUT2D eigenvalue weighted by Crippen LogP contribution is 2.27. The summed E-state index contributed by atoms with van der Waals surface area (Å²) in [4.78, 5) is 0. The molecular formula is C9H11BrO3. The van der Waals surface area contributed by atoms with Gasteiger partial charge in [-0.15, -0.1) is 0 Å². The Morgan fingerprint density at radius 3 is 1.85 bits per heavy atom. The molecule has 72 valence electrons. The third kappa shape index (κ3) is 2.81. The summed E-state index contributed by atoms with van der Waals surface area (Å²) in [6, 6.07) is 5.38. The fourth-order valence-corrected chi connectivity index (χ4v) is 1.19. The molecule has 0 spiro atoms. The minimum Gasteiger partial charge on any atom is -0.496 e. The van der Waals surface area contributed by atoms with Crippen molar-refractivity contribution < 1.29 is 14.2 Å². The molecule has 0 radical (unpaired) electrons. The molecule has 0 atom stereocenters. The summed E-state index contributed by atoms with van der Waals surface area (Å²) in [6.07, 6.45) is 0. The Labute approximate surface area is 85.7 Å². The maximum absolute atomic E-state index is 5.25. The first kappa shape index (κ1) is 10.2. The molecule has 0 aliphatic rings. The van der Waals surface area contributed by atoms with Crippen molar-refractivity contribution in [3.05, 3.63) is 18.2 Å². The van der Waals surface area contributed by atoms with E-state index < -0.39 is 0 Å². The van der Waals surface area contributed by atoms with Crippen molar-refractivity contribution in [2.45, 2.75) is 0 Å². The molecule has 0 bridgehead atoms. The fourth-order valence-electron chi connectivity index (χ4n) is 0.928. The number of halogens is 1.